The number of aromatic nitrogens is 2. The van der Waals surface area contributed by atoms with Gasteiger partial charge in [0.1, 0.15) is 5.69 Å². The van der Waals surface area contributed by atoms with Crippen molar-refractivity contribution in [3.63, 3.8) is 0 Å². The molecule has 1 aliphatic rings. The van der Waals surface area contributed by atoms with E-state index in [-0.39, 0.29) is 6.04 Å². The third-order valence-corrected chi connectivity index (χ3v) is 2.64. The Morgan fingerprint density at radius 2 is 2.50 bits per heavy atom. The summed E-state index contributed by atoms with van der Waals surface area (Å²) in [6.07, 6.45) is 0. The molecule has 1 atom stereocenters. The fraction of sp³-hybridized carbons (Fsp3) is 0.667. The molecule has 0 spiro atoms. The lowest BCUT2D eigenvalue weighted by molar-refractivity contribution is 0.0759. The third kappa shape index (κ3) is 1.59. The first-order valence-corrected chi connectivity index (χ1v) is 4.78. The van der Waals surface area contributed by atoms with Crippen LogP contribution >= 0.6 is 23.3 Å². The average molecular weight is 206 g/mol. The van der Waals surface area contributed by atoms with Crippen LogP contribution in [0.5, 0.6) is 0 Å². The molecule has 1 aromatic heterocycles. The zero-order valence-electron chi connectivity index (χ0n) is 6.29. The first-order valence-electron chi connectivity index (χ1n) is 3.67. The molecule has 1 aliphatic heterocycles. The molecule has 2 rings (SSSR count). The summed E-state index contributed by atoms with van der Waals surface area (Å²) >= 11 is 6.95. The normalized spacial score (nSPS) is 24.2. The van der Waals surface area contributed by atoms with Gasteiger partial charge in [-0.1, -0.05) is 11.6 Å². The molecule has 1 N–H and O–H groups in total. The maximum absolute atomic E-state index is 5.81. The van der Waals surface area contributed by atoms with E-state index >= 15 is 0 Å². The smallest absolute Gasteiger partial charge is 0.167 e. The molecule has 1 saturated heterocycles. The predicted octanol–water partition coefficient (Wildman–Crippen LogP) is 0.852. The van der Waals surface area contributed by atoms with E-state index in [0.29, 0.717) is 11.8 Å². The molecule has 0 bridgehead atoms. The van der Waals surface area contributed by atoms with Gasteiger partial charge in [-0.2, -0.15) is 8.75 Å². The molecule has 1 fully saturated rings. The van der Waals surface area contributed by atoms with Gasteiger partial charge in [-0.25, -0.2) is 0 Å². The summed E-state index contributed by atoms with van der Waals surface area (Å²) in [6, 6.07) is 0.116. The maximum Gasteiger partial charge on any atom is 0.167 e. The summed E-state index contributed by atoms with van der Waals surface area (Å²) < 4.78 is 13.3. The van der Waals surface area contributed by atoms with E-state index in [1.807, 2.05) is 0 Å². The van der Waals surface area contributed by atoms with Crippen molar-refractivity contribution in [3.8, 4) is 0 Å². The summed E-state index contributed by atoms with van der Waals surface area (Å²) in [6.45, 7) is 2.23. The Hall–Kier alpha value is -0.230. The molecular formula is C6H8ClN3OS. The molecule has 66 valence electrons. The van der Waals surface area contributed by atoms with E-state index in [1.54, 1.807) is 0 Å². The molecule has 0 saturated carbocycles. The van der Waals surface area contributed by atoms with Gasteiger partial charge in [0.25, 0.3) is 0 Å². The van der Waals surface area contributed by atoms with Crippen LogP contribution in [0.15, 0.2) is 0 Å². The van der Waals surface area contributed by atoms with Crippen molar-refractivity contribution in [3.05, 3.63) is 10.8 Å². The first-order chi connectivity index (χ1) is 5.88. The lowest BCUT2D eigenvalue weighted by Gasteiger charge is -2.21. The zero-order chi connectivity index (χ0) is 8.39. The highest BCUT2D eigenvalue weighted by Gasteiger charge is 2.20. The highest BCUT2D eigenvalue weighted by atomic mass is 35.5. The molecule has 4 nitrogen and oxygen atoms in total. The van der Waals surface area contributed by atoms with E-state index < -0.39 is 0 Å². The number of ether oxygens (including phenoxy) is 1. The van der Waals surface area contributed by atoms with Gasteiger partial charge in [-0.05, 0) is 0 Å². The van der Waals surface area contributed by atoms with Crippen LogP contribution in [0.1, 0.15) is 11.7 Å². The standard InChI is InChI=1S/C6H8ClN3OS/c7-6-5(9-12-10-6)4-3-11-2-1-8-4/h4,8H,1-3H2. The minimum Gasteiger partial charge on any atom is -0.378 e. The molecular weight excluding hydrogens is 198 g/mol. The fourth-order valence-corrected chi connectivity index (χ4v) is 1.96. The molecule has 1 aromatic rings. The third-order valence-electron chi connectivity index (χ3n) is 1.72. The summed E-state index contributed by atoms with van der Waals surface area (Å²) in [5, 5.41) is 3.75. The van der Waals surface area contributed by atoms with Crippen LogP contribution in [0.2, 0.25) is 5.15 Å². The molecule has 1 unspecified atom stereocenters. The largest absolute Gasteiger partial charge is 0.378 e. The quantitative estimate of drug-likeness (QED) is 0.739. The van der Waals surface area contributed by atoms with E-state index in [1.165, 1.54) is 0 Å². The van der Waals surface area contributed by atoms with Gasteiger partial charge in [0.2, 0.25) is 0 Å². The highest BCUT2D eigenvalue weighted by molar-refractivity contribution is 6.99. The van der Waals surface area contributed by atoms with Crippen LogP contribution in [-0.2, 0) is 4.74 Å². The summed E-state index contributed by atoms with van der Waals surface area (Å²) in [7, 11) is 0. The van der Waals surface area contributed by atoms with Crippen LogP contribution in [0, 0.1) is 0 Å². The second kappa shape index (κ2) is 3.66. The average Bonchev–Trinajstić information content (AvgIpc) is 2.53. The SMILES string of the molecule is Clc1nsnc1C1COCCN1. The molecule has 12 heavy (non-hydrogen) atoms. The number of halogens is 1. The van der Waals surface area contributed by atoms with Crippen LogP contribution in [0.4, 0.5) is 0 Å². The lowest BCUT2D eigenvalue weighted by atomic mass is 10.2. The Morgan fingerprint density at radius 3 is 3.08 bits per heavy atom. The Bertz CT molecular complexity index is 261. The molecule has 6 heteroatoms. The molecule has 0 amide bonds. The van der Waals surface area contributed by atoms with Crippen LogP contribution in [0.25, 0.3) is 0 Å². The minimum absolute atomic E-state index is 0.116. The van der Waals surface area contributed by atoms with Crippen LogP contribution in [-0.4, -0.2) is 28.5 Å². The van der Waals surface area contributed by atoms with Crippen molar-refractivity contribution in [1.82, 2.24) is 14.1 Å². The van der Waals surface area contributed by atoms with Gasteiger partial charge in [0, 0.05) is 6.54 Å². The minimum atomic E-state index is 0.116. The van der Waals surface area contributed by atoms with Crippen molar-refractivity contribution >= 4 is 23.3 Å². The molecule has 0 radical (unpaired) electrons. The summed E-state index contributed by atoms with van der Waals surface area (Å²) in [4.78, 5) is 0. The van der Waals surface area contributed by atoms with Crippen molar-refractivity contribution in [2.24, 2.45) is 0 Å². The molecule has 0 aliphatic carbocycles. The van der Waals surface area contributed by atoms with E-state index in [9.17, 15) is 0 Å². The lowest BCUT2D eigenvalue weighted by Crippen LogP contribution is -2.34. The number of hydrogen-bond donors (Lipinski definition) is 1. The molecule has 0 aromatic carbocycles. The number of morpholine rings is 1. The van der Waals surface area contributed by atoms with Crippen molar-refractivity contribution in [2.75, 3.05) is 19.8 Å². The summed E-state index contributed by atoms with van der Waals surface area (Å²) in [5.74, 6) is 0. The predicted molar refractivity (Wildman–Crippen MR) is 46.5 cm³/mol. The monoisotopic (exact) mass is 205 g/mol. The maximum atomic E-state index is 5.81. The first kappa shape index (κ1) is 8.37. The Morgan fingerprint density at radius 1 is 1.58 bits per heavy atom. The van der Waals surface area contributed by atoms with Crippen LogP contribution < -0.4 is 5.32 Å². The van der Waals surface area contributed by atoms with Gasteiger partial charge >= 0.3 is 0 Å². The van der Waals surface area contributed by atoms with Crippen molar-refractivity contribution < 1.29 is 4.74 Å². The highest BCUT2D eigenvalue weighted by Crippen LogP contribution is 2.21. The Labute approximate surface area is 79.2 Å². The topological polar surface area (TPSA) is 47.0 Å². The van der Waals surface area contributed by atoms with Gasteiger partial charge in [-0.3, -0.25) is 0 Å². The van der Waals surface area contributed by atoms with E-state index in [4.69, 9.17) is 16.3 Å². The second-order valence-electron chi connectivity index (χ2n) is 2.52. The number of nitrogens with one attached hydrogen (secondary N) is 1. The van der Waals surface area contributed by atoms with Gasteiger partial charge < -0.3 is 10.1 Å². The fourth-order valence-electron chi connectivity index (χ4n) is 1.13. The summed E-state index contributed by atoms with van der Waals surface area (Å²) in [5.41, 5.74) is 0.807. The Kier molecular flexibility index (Phi) is 2.55. The Balaban J connectivity index is 2.13. The van der Waals surface area contributed by atoms with Gasteiger partial charge in [-0.15, -0.1) is 0 Å². The van der Waals surface area contributed by atoms with Gasteiger partial charge in [0.05, 0.1) is 31.0 Å². The zero-order valence-corrected chi connectivity index (χ0v) is 7.86. The van der Waals surface area contributed by atoms with E-state index in [2.05, 4.69) is 14.1 Å². The number of nitrogens with zero attached hydrogens (tertiary/aromatic N) is 2. The van der Waals surface area contributed by atoms with Crippen molar-refractivity contribution in [1.29, 1.82) is 0 Å². The molecule has 2 heterocycles. The van der Waals surface area contributed by atoms with E-state index in [0.717, 1.165) is 30.6 Å². The number of hydrogen-bond acceptors (Lipinski definition) is 5. The van der Waals surface area contributed by atoms with Crippen molar-refractivity contribution in [2.45, 2.75) is 6.04 Å². The second-order valence-corrected chi connectivity index (χ2v) is 3.41. The van der Waals surface area contributed by atoms with Crippen LogP contribution in [0.3, 0.4) is 0 Å². The number of rotatable bonds is 1. The van der Waals surface area contributed by atoms with Gasteiger partial charge in [0.15, 0.2) is 5.15 Å².